The molecule has 0 bridgehead atoms. The summed E-state index contributed by atoms with van der Waals surface area (Å²) >= 11 is 0. The number of rotatable bonds is 7. The number of carbonyl (C=O) groups excluding carboxylic acids is 1. The van der Waals surface area contributed by atoms with Gasteiger partial charge in [0.2, 0.25) is 0 Å². The summed E-state index contributed by atoms with van der Waals surface area (Å²) < 4.78 is 2.18. The highest BCUT2D eigenvalue weighted by molar-refractivity contribution is 5.94. The first kappa shape index (κ1) is 19.2. The van der Waals surface area contributed by atoms with Crippen LogP contribution in [-0.4, -0.2) is 39.7 Å². The Kier molecular flexibility index (Phi) is 5.66. The van der Waals surface area contributed by atoms with Crippen molar-refractivity contribution in [2.75, 3.05) is 13.6 Å². The van der Waals surface area contributed by atoms with Gasteiger partial charge in [-0.2, -0.15) is 0 Å². The Balaban J connectivity index is 1.63. The van der Waals surface area contributed by atoms with E-state index in [2.05, 4.69) is 29.0 Å². The number of amides is 1. The molecule has 1 N–H and O–H groups in total. The molecule has 1 aromatic heterocycles. The maximum Gasteiger partial charge on any atom is 0.253 e. The van der Waals surface area contributed by atoms with Crippen LogP contribution in [0.2, 0.25) is 0 Å². The maximum atomic E-state index is 12.8. The van der Waals surface area contributed by atoms with Crippen LogP contribution in [0, 0.1) is 0 Å². The lowest BCUT2D eigenvalue weighted by molar-refractivity contribution is 0.0714. The number of hydrogen-bond acceptors (Lipinski definition) is 2. The number of fused-ring (bicyclic) bond motifs is 1. The van der Waals surface area contributed by atoms with E-state index in [1.807, 2.05) is 43.4 Å². The second-order valence-corrected chi connectivity index (χ2v) is 7.81. The number of likely N-dealkylation sites (N-methyl/N-ethyl adjacent to an activating group) is 1. The SMILES string of the molecule is CN(CCn1ccc2ccccc21)C(=O)c1cccc(CCC(C)(C)O)c1. The van der Waals surface area contributed by atoms with Crippen molar-refractivity contribution in [2.45, 2.75) is 38.8 Å². The fourth-order valence-corrected chi connectivity index (χ4v) is 3.23. The Hall–Kier alpha value is -2.59. The van der Waals surface area contributed by atoms with Crippen molar-refractivity contribution in [1.29, 1.82) is 0 Å². The summed E-state index contributed by atoms with van der Waals surface area (Å²) in [6.07, 6.45) is 3.49. The molecule has 3 aromatic rings. The van der Waals surface area contributed by atoms with E-state index < -0.39 is 5.60 Å². The van der Waals surface area contributed by atoms with E-state index in [1.54, 1.807) is 18.7 Å². The van der Waals surface area contributed by atoms with E-state index in [4.69, 9.17) is 0 Å². The summed E-state index contributed by atoms with van der Waals surface area (Å²) in [7, 11) is 1.84. The molecular formula is C23H28N2O2. The lowest BCUT2D eigenvalue weighted by atomic mass is 9.98. The molecule has 142 valence electrons. The van der Waals surface area contributed by atoms with Gasteiger partial charge in [-0.05, 0) is 61.9 Å². The minimum atomic E-state index is -0.698. The zero-order valence-corrected chi connectivity index (χ0v) is 16.4. The minimum Gasteiger partial charge on any atom is -0.390 e. The van der Waals surface area contributed by atoms with Gasteiger partial charge in [-0.3, -0.25) is 4.79 Å². The van der Waals surface area contributed by atoms with Gasteiger partial charge in [0.05, 0.1) is 5.60 Å². The molecule has 4 nitrogen and oxygen atoms in total. The Morgan fingerprint density at radius 1 is 1.11 bits per heavy atom. The van der Waals surface area contributed by atoms with Gasteiger partial charge in [0.15, 0.2) is 0 Å². The van der Waals surface area contributed by atoms with E-state index in [1.165, 1.54) is 10.9 Å². The third kappa shape index (κ3) is 4.98. The number of aliphatic hydroxyl groups is 1. The largest absolute Gasteiger partial charge is 0.390 e. The molecule has 0 atom stereocenters. The summed E-state index contributed by atoms with van der Waals surface area (Å²) in [4.78, 5) is 14.6. The van der Waals surface area contributed by atoms with Crippen molar-refractivity contribution >= 4 is 16.8 Å². The molecule has 0 aliphatic rings. The molecule has 3 rings (SSSR count). The topological polar surface area (TPSA) is 45.5 Å². The van der Waals surface area contributed by atoms with Crippen molar-refractivity contribution < 1.29 is 9.90 Å². The molecule has 4 heteroatoms. The van der Waals surface area contributed by atoms with Gasteiger partial charge in [0.25, 0.3) is 5.91 Å². The van der Waals surface area contributed by atoms with Gasteiger partial charge in [0, 0.05) is 37.4 Å². The Morgan fingerprint density at radius 2 is 1.89 bits per heavy atom. The Bertz CT molecular complexity index is 921. The average Bonchev–Trinajstić information content (AvgIpc) is 3.07. The number of nitrogens with zero attached hydrogens (tertiary/aromatic N) is 2. The first-order valence-electron chi connectivity index (χ1n) is 9.44. The van der Waals surface area contributed by atoms with Crippen LogP contribution in [0.4, 0.5) is 0 Å². The molecule has 0 aliphatic heterocycles. The molecule has 1 amide bonds. The lowest BCUT2D eigenvalue weighted by Gasteiger charge is -2.19. The standard InChI is InChI=1S/C23H28N2O2/c1-23(2,27)13-11-18-7-6-9-20(17-18)22(26)24(3)15-16-25-14-12-19-8-4-5-10-21(19)25/h4-10,12,14,17,27H,11,13,15-16H2,1-3H3. The predicted molar refractivity (Wildman–Crippen MR) is 110 cm³/mol. The van der Waals surface area contributed by atoms with Crippen molar-refractivity contribution in [1.82, 2.24) is 9.47 Å². The number of hydrogen-bond donors (Lipinski definition) is 1. The highest BCUT2D eigenvalue weighted by Crippen LogP contribution is 2.17. The summed E-state index contributed by atoms with van der Waals surface area (Å²) in [6.45, 7) is 5.01. The highest BCUT2D eigenvalue weighted by atomic mass is 16.3. The molecule has 0 spiro atoms. The normalized spacial score (nSPS) is 11.7. The van der Waals surface area contributed by atoms with E-state index in [0.29, 0.717) is 18.5 Å². The van der Waals surface area contributed by atoms with Crippen molar-refractivity contribution in [2.24, 2.45) is 0 Å². The fraction of sp³-hybridized carbons (Fsp3) is 0.348. The van der Waals surface area contributed by atoms with E-state index in [-0.39, 0.29) is 5.91 Å². The third-order valence-corrected chi connectivity index (χ3v) is 4.90. The zero-order valence-electron chi connectivity index (χ0n) is 16.4. The van der Waals surface area contributed by atoms with E-state index in [9.17, 15) is 9.90 Å². The second kappa shape index (κ2) is 7.97. The number of aromatic nitrogens is 1. The number of benzene rings is 2. The number of para-hydroxylation sites is 1. The van der Waals surface area contributed by atoms with Crippen LogP contribution in [-0.2, 0) is 13.0 Å². The van der Waals surface area contributed by atoms with E-state index in [0.717, 1.165) is 18.5 Å². The smallest absolute Gasteiger partial charge is 0.253 e. The average molecular weight is 364 g/mol. The Morgan fingerprint density at radius 3 is 2.67 bits per heavy atom. The van der Waals surface area contributed by atoms with Gasteiger partial charge in [-0.25, -0.2) is 0 Å². The monoisotopic (exact) mass is 364 g/mol. The van der Waals surface area contributed by atoms with Gasteiger partial charge < -0.3 is 14.6 Å². The Labute approximate surface area is 161 Å². The zero-order chi connectivity index (χ0) is 19.4. The molecule has 0 unspecified atom stereocenters. The third-order valence-electron chi connectivity index (χ3n) is 4.90. The molecule has 1 heterocycles. The van der Waals surface area contributed by atoms with Crippen LogP contribution in [0.1, 0.15) is 36.2 Å². The molecule has 0 saturated heterocycles. The molecule has 27 heavy (non-hydrogen) atoms. The number of carbonyl (C=O) groups is 1. The first-order chi connectivity index (χ1) is 12.8. The van der Waals surface area contributed by atoms with Crippen LogP contribution in [0.15, 0.2) is 60.8 Å². The first-order valence-corrected chi connectivity index (χ1v) is 9.44. The van der Waals surface area contributed by atoms with Crippen molar-refractivity contribution in [3.05, 3.63) is 71.9 Å². The molecule has 0 radical (unpaired) electrons. The molecule has 0 aliphatic carbocycles. The summed E-state index contributed by atoms with van der Waals surface area (Å²) in [5.74, 6) is 0.0246. The molecule has 2 aromatic carbocycles. The van der Waals surface area contributed by atoms with Crippen LogP contribution >= 0.6 is 0 Å². The summed E-state index contributed by atoms with van der Waals surface area (Å²) in [5, 5.41) is 11.1. The van der Waals surface area contributed by atoms with Gasteiger partial charge in [-0.15, -0.1) is 0 Å². The summed E-state index contributed by atoms with van der Waals surface area (Å²) in [6, 6.07) is 18.1. The maximum absolute atomic E-state index is 12.8. The fourth-order valence-electron chi connectivity index (χ4n) is 3.23. The van der Waals surface area contributed by atoms with Crippen molar-refractivity contribution in [3.63, 3.8) is 0 Å². The van der Waals surface area contributed by atoms with Gasteiger partial charge in [0.1, 0.15) is 0 Å². The van der Waals surface area contributed by atoms with Gasteiger partial charge >= 0.3 is 0 Å². The molecule has 0 saturated carbocycles. The number of aryl methyl sites for hydroxylation is 1. The lowest BCUT2D eigenvalue weighted by Crippen LogP contribution is -2.30. The molecular weight excluding hydrogens is 336 g/mol. The highest BCUT2D eigenvalue weighted by Gasteiger charge is 2.15. The van der Waals surface area contributed by atoms with Crippen LogP contribution in [0.5, 0.6) is 0 Å². The van der Waals surface area contributed by atoms with Crippen LogP contribution < -0.4 is 0 Å². The minimum absolute atomic E-state index is 0.0246. The summed E-state index contributed by atoms with van der Waals surface area (Å²) in [5.41, 5.74) is 2.26. The second-order valence-electron chi connectivity index (χ2n) is 7.81. The predicted octanol–water partition coefficient (Wildman–Crippen LogP) is 4.12. The van der Waals surface area contributed by atoms with Crippen LogP contribution in [0.25, 0.3) is 10.9 Å². The quantitative estimate of drug-likeness (QED) is 0.685. The van der Waals surface area contributed by atoms with E-state index >= 15 is 0 Å². The van der Waals surface area contributed by atoms with Gasteiger partial charge in [-0.1, -0.05) is 30.3 Å². The van der Waals surface area contributed by atoms with Crippen LogP contribution in [0.3, 0.4) is 0 Å². The van der Waals surface area contributed by atoms with Crippen molar-refractivity contribution in [3.8, 4) is 0 Å². The molecule has 0 fully saturated rings.